The molecule has 0 fully saturated rings. The number of thiazole rings is 1. The molecule has 0 radical (unpaired) electrons. The van der Waals surface area contributed by atoms with Gasteiger partial charge in [-0.3, -0.25) is 9.20 Å². The van der Waals surface area contributed by atoms with Crippen molar-refractivity contribution in [3.05, 3.63) is 22.5 Å². The van der Waals surface area contributed by atoms with Gasteiger partial charge in [0, 0.05) is 16.8 Å². The summed E-state index contributed by atoms with van der Waals surface area (Å²) in [6, 6.07) is 0. The molecule has 0 aromatic carbocycles. The second-order valence-corrected chi connectivity index (χ2v) is 6.50. The molecule has 0 bridgehead atoms. The van der Waals surface area contributed by atoms with Gasteiger partial charge in [0.25, 0.3) is 0 Å². The Morgan fingerprint density at radius 1 is 1.63 bits per heavy atom. The molecule has 0 aliphatic heterocycles. The van der Waals surface area contributed by atoms with Crippen LogP contribution in [0.4, 0.5) is 0 Å². The van der Waals surface area contributed by atoms with Crippen molar-refractivity contribution in [1.29, 1.82) is 0 Å². The molecular weight excluding hydrogens is 260 g/mol. The number of nitrogens with zero attached hydrogens (tertiary/aromatic N) is 2. The van der Waals surface area contributed by atoms with Gasteiger partial charge >= 0.3 is 5.97 Å². The summed E-state index contributed by atoms with van der Waals surface area (Å²) < 4.78 is 2.09. The number of aromatic nitrogens is 2. The lowest BCUT2D eigenvalue weighted by molar-refractivity contribution is -0.136. The first kappa shape index (κ1) is 12.7. The zero-order chi connectivity index (χ0) is 13.6. The summed E-state index contributed by atoms with van der Waals surface area (Å²) in [6.45, 7) is 4.53. The summed E-state index contributed by atoms with van der Waals surface area (Å²) in [6.07, 6.45) is 3.33. The van der Waals surface area contributed by atoms with E-state index in [1.165, 1.54) is 17.8 Å². The Kier molecular flexibility index (Phi) is 3.09. The van der Waals surface area contributed by atoms with Crippen molar-refractivity contribution in [2.45, 2.75) is 39.5 Å². The lowest BCUT2D eigenvalue weighted by Crippen LogP contribution is -2.20. The average Bonchev–Trinajstić information content (AvgIpc) is 2.87. The molecule has 3 rings (SSSR count). The molecule has 0 amide bonds. The maximum absolute atomic E-state index is 10.9. The zero-order valence-electron chi connectivity index (χ0n) is 11.2. The van der Waals surface area contributed by atoms with E-state index in [-0.39, 0.29) is 6.42 Å². The van der Waals surface area contributed by atoms with E-state index in [4.69, 9.17) is 5.11 Å². The first-order valence-electron chi connectivity index (χ1n) is 6.74. The second-order valence-electron chi connectivity index (χ2n) is 5.67. The number of imidazole rings is 1. The molecule has 102 valence electrons. The minimum Gasteiger partial charge on any atom is -0.481 e. The molecular formula is C14H18N2O2S. The maximum atomic E-state index is 10.9. The highest BCUT2D eigenvalue weighted by molar-refractivity contribution is 7.15. The molecule has 19 heavy (non-hydrogen) atoms. The fourth-order valence-electron chi connectivity index (χ4n) is 2.95. The molecule has 4 nitrogen and oxygen atoms in total. The van der Waals surface area contributed by atoms with Crippen LogP contribution in [-0.2, 0) is 24.1 Å². The van der Waals surface area contributed by atoms with Crippen molar-refractivity contribution in [1.82, 2.24) is 9.38 Å². The van der Waals surface area contributed by atoms with E-state index in [1.807, 2.05) is 5.38 Å². The number of carboxylic acids is 1. The molecule has 0 saturated heterocycles. The number of hydrogen-bond acceptors (Lipinski definition) is 3. The van der Waals surface area contributed by atoms with Crippen LogP contribution >= 0.6 is 11.3 Å². The van der Waals surface area contributed by atoms with Crippen molar-refractivity contribution < 1.29 is 9.90 Å². The van der Waals surface area contributed by atoms with Crippen molar-refractivity contribution in [3.8, 4) is 0 Å². The van der Waals surface area contributed by atoms with Crippen LogP contribution in [0.3, 0.4) is 0 Å². The van der Waals surface area contributed by atoms with E-state index in [9.17, 15) is 4.79 Å². The highest BCUT2D eigenvalue weighted by Crippen LogP contribution is 2.32. The Balaban J connectivity index is 2.05. The molecule has 1 aliphatic carbocycles. The van der Waals surface area contributed by atoms with Crippen LogP contribution in [0.1, 0.15) is 37.4 Å². The van der Waals surface area contributed by atoms with Crippen molar-refractivity contribution in [2.24, 2.45) is 11.8 Å². The van der Waals surface area contributed by atoms with Crippen LogP contribution in [0, 0.1) is 11.8 Å². The van der Waals surface area contributed by atoms with Crippen molar-refractivity contribution in [2.75, 3.05) is 0 Å². The third kappa shape index (κ3) is 2.16. The average molecular weight is 278 g/mol. The quantitative estimate of drug-likeness (QED) is 0.939. The van der Waals surface area contributed by atoms with E-state index in [1.54, 1.807) is 11.3 Å². The van der Waals surface area contributed by atoms with Crippen molar-refractivity contribution >= 4 is 22.3 Å². The summed E-state index contributed by atoms with van der Waals surface area (Å²) in [4.78, 5) is 16.6. The third-order valence-electron chi connectivity index (χ3n) is 4.10. The van der Waals surface area contributed by atoms with Gasteiger partial charge in [0.15, 0.2) is 4.96 Å². The molecule has 0 spiro atoms. The smallest absolute Gasteiger partial charge is 0.309 e. The normalized spacial score (nSPS) is 19.0. The minimum absolute atomic E-state index is 0.0785. The SMILES string of the molecule is CC(C)[C@H]1CCc2nc3scc(CC(=O)O)n3c2C1. The Labute approximate surface area is 116 Å². The number of aryl methyl sites for hydroxylation is 1. The Morgan fingerprint density at radius 3 is 3.11 bits per heavy atom. The zero-order valence-corrected chi connectivity index (χ0v) is 12.0. The highest BCUT2D eigenvalue weighted by Gasteiger charge is 2.27. The summed E-state index contributed by atoms with van der Waals surface area (Å²) in [5.41, 5.74) is 3.29. The lowest BCUT2D eigenvalue weighted by atomic mass is 9.82. The standard InChI is InChI=1S/C14H18N2O2S/c1-8(2)9-3-4-11-12(5-9)16-10(6-13(17)18)7-19-14(16)15-11/h7-9H,3-6H2,1-2H3,(H,17,18)/t9-/m0/s1. The summed E-state index contributed by atoms with van der Waals surface area (Å²) in [7, 11) is 0. The van der Waals surface area contributed by atoms with Gasteiger partial charge < -0.3 is 5.11 Å². The van der Waals surface area contributed by atoms with E-state index in [0.717, 1.165) is 23.5 Å². The van der Waals surface area contributed by atoms with Gasteiger partial charge in [-0.2, -0.15) is 0 Å². The van der Waals surface area contributed by atoms with Gasteiger partial charge in [-0.25, -0.2) is 4.98 Å². The van der Waals surface area contributed by atoms with E-state index < -0.39 is 5.97 Å². The van der Waals surface area contributed by atoms with Crippen LogP contribution in [0.2, 0.25) is 0 Å². The molecule has 2 heterocycles. The van der Waals surface area contributed by atoms with Crippen LogP contribution in [-0.4, -0.2) is 20.5 Å². The predicted molar refractivity (Wildman–Crippen MR) is 74.8 cm³/mol. The lowest BCUT2D eigenvalue weighted by Gasteiger charge is -2.25. The highest BCUT2D eigenvalue weighted by atomic mass is 32.1. The monoisotopic (exact) mass is 278 g/mol. The largest absolute Gasteiger partial charge is 0.481 e. The molecule has 1 N–H and O–H groups in total. The van der Waals surface area contributed by atoms with Gasteiger partial charge in [0.05, 0.1) is 12.1 Å². The Bertz CT molecular complexity index is 627. The number of carboxylic acid groups (broad SMARTS) is 1. The summed E-state index contributed by atoms with van der Waals surface area (Å²) in [5, 5.41) is 10.9. The van der Waals surface area contributed by atoms with E-state index >= 15 is 0 Å². The van der Waals surface area contributed by atoms with E-state index in [2.05, 4.69) is 23.2 Å². The Morgan fingerprint density at radius 2 is 2.42 bits per heavy atom. The number of rotatable bonds is 3. The van der Waals surface area contributed by atoms with Crippen LogP contribution in [0.5, 0.6) is 0 Å². The summed E-state index contributed by atoms with van der Waals surface area (Å²) in [5.74, 6) is 0.573. The number of fused-ring (bicyclic) bond motifs is 3. The minimum atomic E-state index is -0.779. The van der Waals surface area contributed by atoms with Crippen molar-refractivity contribution in [3.63, 3.8) is 0 Å². The summed E-state index contributed by atoms with van der Waals surface area (Å²) >= 11 is 1.55. The molecule has 5 heteroatoms. The molecule has 0 saturated carbocycles. The molecule has 2 aromatic rings. The fraction of sp³-hybridized carbons (Fsp3) is 0.571. The first-order valence-corrected chi connectivity index (χ1v) is 7.62. The van der Waals surface area contributed by atoms with Crippen LogP contribution in [0.25, 0.3) is 4.96 Å². The van der Waals surface area contributed by atoms with Gasteiger partial charge in [-0.15, -0.1) is 11.3 Å². The van der Waals surface area contributed by atoms with Gasteiger partial charge in [0.1, 0.15) is 0 Å². The van der Waals surface area contributed by atoms with Gasteiger partial charge in [-0.1, -0.05) is 13.8 Å². The number of hydrogen-bond donors (Lipinski definition) is 1. The molecule has 2 aromatic heterocycles. The van der Waals surface area contributed by atoms with Crippen LogP contribution in [0.15, 0.2) is 5.38 Å². The van der Waals surface area contributed by atoms with Gasteiger partial charge in [0.2, 0.25) is 0 Å². The van der Waals surface area contributed by atoms with Gasteiger partial charge in [-0.05, 0) is 31.1 Å². The fourth-order valence-corrected chi connectivity index (χ4v) is 3.88. The Hall–Kier alpha value is -1.36. The second kappa shape index (κ2) is 4.63. The predicted octanol–water partition coefficient (Wildman–Crippen LogP) is 2.78. The number of aliphatic carboxylic acids is 1. The van der Waals surface area contributed by atoms with E-state index in [0.29, 0.717) is 11.8 Å². The molecule has 0 unspecified atom stereocenters. The molecule has 1 atom stereocenters. The first-order chi connectivity index (χ1) is 9.06. The van der Waals surface area contributed by atoms with Crippen LogP contribution < -0.4 is 0 Å². The topological polar surface area (TPSA) is 54.6 Å². The molecule has 1 aliphatic rings. The maximum Gasteiger partial charge on any atom is 0.309 e. The third-order valence-corrected chi connectivity index (χ3v) is 4.97. The number of carbonyl (C=O) groups is 1.